The molecule has 2 aromatic carbocycles. The lowest BCUT2D eigenvalue weighted by Crippen LogP contribution is -2.27. The molecule has 4 nitrogen and oxygen atoms in total. The Hall–Kier alpha value is -2.62. The first-order valence-electron chi connectivity index (χ1n) is 9.35. The lowest BCUT2D eigenvalue weighted by Gasteiger charge is -2.18. The molecule has 0 heterocycles. The van der Waals surface area contributed by atoms with E-state index in [1.54, 1.807) is 7.11 Å². The van der Waals surface area contributed by atoms with E-state index >= 15 is 0 Å². The molecule has 27 heavy (non-hydrogen) atoms. The highest BCUT2D eigenvalue weighted by molar-refractivity contribution is 5.97. The summed E-state index contributed by atoms with van der Waals surface area (Å²) in [6, 6.07) is 17.4. The number of carbonyl (C=O) groups excluding carboxylic acids is 1. The number of carbonyl (C=O) groups is 1. The van der Waals surface area contributed by atoms with Gasteiger partial charge in [0.15, 0.2) is 0 Å². The number of hydrogen-bond donors (Lipinski definition) is 1. The van der Waals surface area contributed by atoms with Crippen LogP contribution in [0.4, 0.5) is 0 Å². The minimum atomic E-state index is -0.0561. The molecule has 0 aliphatic rings. The van der Waals surface area contributed by atoms with Gasteiger partial charge in [-0.15, -0.1) is 0 Å². The maximum absolute atomic E-state index is 12.3. The Morgan fingerprint density at radius 3 is 2.19 bits per heavy atom. The molecule has 0 aliphatic carbocycles. The highest BCUT2D eigenvalue weighted by Crippen LogP contribution is 2.19. The van der Waals surface area contributed by atoms with E-state index in [9.17, 15) is 4.79 Å². The average molecular weight is 367 g/mol. The molecule has 4 heteroatoms. The van der Waals surface area contributed by atoms with Gasteiger partial charge in [-0.3, -0.25) is 4.79 Å². The molecule has 0 spiro atoms. The van der Waals surface area contributed by atoms with Gasteiger partial charge >= 0.3 is 0 Å². The van der Waals surface area contributed by atoms with Gasteiger partial charge in [0.05, 0.1) is 13.2 Å². The fraction of sp³-hybridized carbons (Fsp3) is 0.391. The third-order valence-corrected chi connectivity index (χ3v) is 4.34. The van der Waals surface area contributed by atoms with Gasteiger partial charge in [-0.05, 0) is 48.6 Å². The van der Waals surface area contributed by atoms with Crippen LogP contribution in [-0.2, 0) is 4.74 Å². The van der Waals surface area contributed by atoms with Crippen LogP contribution >= 0.6 is 0 Å². The Kier molecular flexibility index (Phi) is 7.17. The van der Waals surface area contributed by atoms with Crippen LogP contribution in [0.3, 0.4) is 0 Å². The Balaban J connectivity index is 2.06. The minimum absolute atomic E-state index is 0.0125. The zero-order valence-corrected chi connectivity index (χ0v) is 17.0. The summed E-state index contributed by atoms with van der Waals surface area (Å²) in [7, 11) is 1.61. The van der Waals surface area contributed by atoms with Gasteiger partial charge < -0.3 is 10.1 Å². The summed E-state index contributed by atoms with van der Waals surface area (Å²) >= 11 is 0. The molecular weight excluding hydrogens is 336 g/mol. The Bertz CT molecular complexity index is 759. The van der Waals surface area contributed by atoms with Crippen LogP contribution in [0.5, 0.6) is 0 Å². The molecule has 0 radical (unpaired) electrons. The molecule has 0 saturated carbocycles. The molecule has 1 N–H and O–H groups in total. The van der Waals surface area contributed by atoms with E-state index in [0.29, 0.717) is 18.0 Å². The van der Waals surface area contributed by atoms with Crippen LogP contribution in [0.15, 0.2) is 59.6 Å². The summed E-state index contributed by atoms with van der Waals surface area (Å²) < 4.78 is 5.48. The number of hydrogen-bond acceptors (Lipinski definition) is 3. The van der Waals surface area contributed by atoms with E-state index in [1.165, 1.54) is 0 Å². The van der Waals surface area contributed by atoms with E-state index in [4.69, 9.17) is 4.74 Å². The number of nitrogens with zero attached hydrogens (tertiary/aromatic N) is 1. The average Bonchev–Trinajstić information content (AvgIpc) is 2.65. The Labute approximate surface area is 162 Å². The number of rotatable bonds is 6. The van der Waals surface area contributed by atoms with E-state index in [0.717, 1.165) is 17.5 Å². The second kappa shape index (κ2) is 9.36. The number of ether oxygens (including phenoxy) is 1. The second-order valence-corrected chi connectivity index (χ2v) is 7.87. The van der Waals surface area contributed by atoms with Crippen molar-refractivity contribution in [2.45, 2.75) is 40.2 Å². The van der Waals surface area contributed by atoms with Gasteiger partial charge in [0.1, 0.15) is 0 Å². The number of benzene rings is 2. The van der Waals surface area contributed by atoms with Crippen LogP contribution < -0.4 is 5.32 Å². The van der Waals surface area contributed by atoms with Gasteiger partial charge in [0, 0.05) is 17.7 Å². The lowest BCUT2D eigenvalue weighted by molar-refractivity contribution is 0.0949. The van der Waals surface area contributed by atoms with Crippen molar-refractivity contribution in [2.75, 3.05) is 13.7 Å². The third-order valence-electron chi connectivity index (χ3n) is 4.34. The van der Waals surface area contributed by atoms with Crippen molar-refractivity contribution in [3.63, 3.8) is 0 Å². The van der Waals surface area contributed by atoms with Crippen molar-refractivity contribution in [2.24, 2.45) is 10.4 Å². The van der Waals surface area contributed by atoms with Crippen LogP contribution in [0.1, 0.15) is 61.6 Å². The Morgan fingerprint density at radius 2 is 1.63 bits per heavy atom. The largest absolute Gasteiger partial charge is 0.481 e. The molecular formula is C23H30N2O2. The molecule has 2 rings (SSSR count). The van der Waals surface area contributed by atoms with E-state index in [-0.39, 0.29) is 17.4 Å². The van der Waals surface area contributed by atoms with E-state index in [2.05, 4.69) is 31.1 Å². The highest BCUT2D eigenvalue weighted by atomic mass is 16.5. The van der Waals surface area contributed by atoms with Gasteiger partial charge in [0.25, 0.3) is 5.91 Å². The van der Waals surface area contributed by atoms with E-state index in [1.807, 2.05) is 61.5 Å². The normalized spacial score (nSPS) is 13.1. The monoisotopic (exact) mass is 366 g/mol. The predicted octanol–water partition coefficient (Wildman–Crippen LogP) is 5.01. The fourth-order valence-electron chi connectivity index (χ4n) is 2.64. The standard InChI is InChI=1S/C23H30N2O2/c1-17(18-9-7-6-8-10-18)25-22(27-5)20-13-11-19(12-14-20)21(26)24-16-15-23(2,3)4/h6-14,17H,15-16H2,1-5H3,(H,24,26). The first-order valence-corrected chi connectivity index (χ1v) is 9.35. The van der Waals surface area contributed by atoms with Gasteiger partial charge in [0.2, 0.25) is 5.90 Å². The van der Waals surface area contributed by atoms with E-state index < -0.39 is 0 Å². The van der Waals surface area contributed by atoms with Crippen molar-refractivity contribution in [3.05, 3.63) is 71.3 Å². The Morgan fingerprint density at radius 1 is 1.04 bits per heavy atom. The summed E-state index contributed by atoms with van der Waals surface area (Å²) in [4.78, 5) is 17.0. The first-order chi connectivity index (χ1) is 12.8. The third kappa shape index (κ3) is 6.55. The topological polar surface area (TPSA) is 50.7 Å². The number of amides is 1. The second-order valence-electron chi connectivity index (χ2n) is 7.87. The van der Waals surface area contributed by atoms with Crippen LogP contribution in [-0.4, -0.2) is 25.5 Å². The summed E-state index contributed by atoms with van der Waals surface area (Å²) in [6.07, 6.45) is 0.939. The molecule has 2 aromatic rings. The summed E-state index contributed by atoms with van der Waals surface area (Å²) in [5.41, 5.74) is 2.82. The quantitative estimate of drug-likeness (QED) is 0.577. The highest BCUT2D eigenvalue weighted by Gasteiger charge is 2.13. The minimum Gasteiger partial charge on any atom is -0.481 e. The van der Waals surface area contributed by atoms with Crippen molar-refractivity contribution < 1.29 is 9.53 Å². The summed E-state index contributed by atoms with van der Waals surface area (Å²) in [5.74, 6) is 0.505. The maximum Gasteiger partial charge on any atom is 0.251 e. The molecule has 0 fully saturated rings. The number of aliphatic imine (C=N–C) groups is 1. The van der Waals surface area contributed by atoms with Gasteiger partial charge in [-0.2, -0.15) is 0 Å². The van der Waals surface area contributed by atoms with Crippen molar-refractivity contribution >= 4 is 11.8 Å². The smallest absolute Gasteiger partial charge is 0.251 e. The zero-order chi connectivity index (χ0) is 19.9. The zero-order valence-electron chi connectivity index (χ0n) is 17.0. The van der Waals surface area contributed by atoms with Crippen LogP contribution in [0.2, 0.25) is 0 Å². The lowest BCUT2D eigenvalue weighted by atomic mass is 9.92. The van der Waals surface area contributed by atoms with Crippen molar-refractivity contribution in [1.82, 2.24) is 5.32 Å². The number of methoxy groups -OCH3 is 1. The molecule has 1 amide bonds. The molecule has 0 bridgehead atoms. The molecule has 0 saturated heterocycles. The summed E-state index contributed by atoms with van der Waals surface area (Å²) in [6.45, 7) is 9.19. The molecule has 1 unspecified atom stereocenters. The predicted molar refractivity (Wildman–Crippen MR) is 111 cm³/mol. The first kappa shape index (κ1) is 20.7. The summed E-state index contributed by atoms with van der Waals surface area (Å²) in [5, 5.41) is 2.97. The molecule has 1 atom stereocenters. The van der Waals surface area contributed by atoms with Gasteiger partial charge in [-0.1, -0.05) is 51.1 Å². The molecule has 0 aliphatic heterocycles. The number of nitrogens with one attached hydrogen (secondary N) is 1. The maximum atomic E-state index is 12.3. The van der Waals surface area contributed by atoms with Crippen molar-refractivity contribution in [1.29, 1.82) is 0 Å². The van der Waals surface area contributed by atoms with Gasteiger partial charge in [-0.25, -0.2) is 4.99 Å². The molecule has 144 valence electrons. The van der Waals surface area contributed by atoms with Crippen LogP contribution in [0, 0.1) is 5.41 Å². The fourth-order valence-corrected chi connectivity index (χ4v) is 2.64. The molecule has 0 aromatic heterocycles. The van der Waals surface area contributed by atoms with Crippen LogP contribution in [0.25, 0.3) is 0 Å². The van der Waals surface area contributed by atoms with Crippen molar-refractivity contribution in [3.8, 4) is 0 Å². The SMILES string of the molecule is COC(=NC(C)c1ccccc1)c1ccc(C(=O)NCCC(C)(C)C)cc1.